The van der Waals surface area contributed by atoms with Gasteiger partial charge in [-0.3, -0.25) is 4.79 Å². The average Bonchev–Trinajstić information content (AvgIpc) is 2.78. The van der Waals surface area contributed by atoms with E-state index in [4.69, 9.17) is 4.74 Å². The minimum absolute atomic E-state index is 0.198. The van der Waals surface area contributed by atoms with Crippen LogP contribution >= 0.6 is 0 Å². The summed E-state index contributed by atoms with van der Waals surface area (Å²) >= 11 is 0. The van der Waals surface area contributed by atoms with E-state index in [0.717, 1.165) is 12.1 Å². The molecule has 0 aliphatic carbocycles. The fraction of sp³-hybridized carbons (Fsp3) is 0.409. The molecule has 1 fully saturated rings. The summed E-state index contributed by atoms with van der Waals surface area (Å²) in [5.41, 5.74) is -1.79. The van der Waals surface area contributed by atoms with E-state index in [1.54, 1.807) is 4.90 Å². The lowest BCUT2D eigenvalue weighted by atomic mass is 9.94. The van der Waals surface area contributed by atoms with E-state index in [-0.39, 0.29) is 12.0 Å². The Bertz CT molecular complexity index is 872. The van der Waals surface area contributed by atoms with E-state index in [1.807, 2.05) is 0 Å². The van der Waals surface area contributed by atoms with Gasteiger partial charge in [-0.1, -0.05) is 12.1 Å². The molecule has 0 spiro atoms. The van der Waals surface area contributed by atoms with Gasteiger partial charge in [0, 0.05) is 31.5 Å². The van der Waals surface area contributed by atoms with Crippen LogP contribution in [0.25, 0.3) is 0 Å². The minimum atomic E-state index is -4.39. The molecule has 0 atom stereocenters. The van der Waals surface area contributed by atoms with Gasteiger partial charge >= 0.3 is 6.18 Å². The van der Waals surface area contributed by atoms with Crippen LogP contribution in [-0.2, 0) is 11.8 Å². The van der Waals surface area contributed by atoms with Gasteiger partial charge in [0.1, 0.15) is 17.5 Å². The van der Waals surface area contributed by atoms with Gasteiger partial charge in [-0.2, -0.15) is 13.2 Å². The number of rotatable bonds is 6. The number of alkyl halides is 3. The van der Waals surface area contributed by atoms with E-state index >= 15 is 0 Å². The van der Waals surface area contributed by atoms with E-state index < -0.39 is 30.6 Å². The number of aliphatic hydroxyl groups is 3. The molecule has 1 aliphatic rings. The largest absolute Gasteiger partial charge is 0.490 e. The van der Waals surface area contributed by atoms with Gasteiger partial charge in [0.2, 0.25) is 0 Å². The van der Waals surface area contributed by atoms with Gasteiger partial charge in [-0.15, -0.1) is 0 Å². The minimum Gasteiger partial charge on any atom is -0.490 e. The molecule has 0 aromatic heterocycles. The molecular weight excluding hydrogens is 415 g/mol. The van der Waals surface area contributed by atoms with E-state index in [0.29, 0.717) is 42.8 Å². The van der Waals surface area contributed by atoms with Crippen LogP contribution in [0.15, 0.2) is 48.5 Å². The molecule has 0 bridgehead atoms. The highest BCUT2D eigenvalue weighted by Crippen LogP contribution is 2.31. The van der Waals surface area contributed by atoms with Crippen molar-refractivity contribution in [1.82, 2.24) is 4.90 Å². The molecule has 6 nitrogen and oxygen atoms in total. The second-order valence-electron chi connectivity index (χ2n) is 7.56. The fourth-order valence-corrected chi connectivity index (χ4v) is 3.43. The molecule has 0 unspecified atom stereocenters. The quantitative estimate of drug-likeness (QED) is 0.644. The SMILES string of the molecule is O=C(c1ccc(C(O)(CO)CO)cc1)N1CCC(Oc2ccc(C(F)(F)F)cc2)CC1. The molecule has 1 heterocycles. The maximum absolute atomic E-state index is 12.7. The second-order valence-corrected chi connectivity index (χ2v) is 7.56. The number of nitrogens with zero attached hydrogens (tertiary/aromatic N) is 1. The normalized spacial score (nSPS) is 15.7. The lowest BCUT2D eigenvalue weighted by Crippen LogP contribution is -2.41. The van der Waals surface area contributed by atoms with Crippen molar-refractivity contribution in [2.45, 2.75) is 30.7 Å². The van der Waals surface area contributed by atoms with Crippen molar-refractivity contribution in [3.05, 3.63) is 65.2 Å². The number of hydrogen-bond acceptors (Lipinski definition) is 5. The monoisotopic (exact) mass is 439 g/mol. The zero-order valence-corrected chi connectivity index (χ0v) is 16.7. The highest BCUT2D eigenvalue weighted by molar-refractivity contribution is 5.94. The second kappa shape index (κ2) is 9.25. The first kappa shape index (κ1) is 23.1. The lowest BCUT2D eigenvalue weighted by molar-refractivity contribution is -0.137. The first-order valence-electron chi connectivity index (χ1n) is 9.84. The first-order chi connectivity index (χ1) is 14.7. The van der Waals surface area contributed by atoms with Crippen LogP contribution in [0.1, 0.15) is 34.3 Å². The van der Waals surface area contributed by atoms with Crippen molar-refractivity contribution in [2.24, 2.45) is 0 Å². The van der Waals surface area contributed by atoms with Crippen molar-refractivity contribution in [3.63, 3.8) is 0 Å². The zero-order chi connectivity index (χ0) is 22.6. The molecule has 2 aromatic rings. The van der Waals surface area contributed by atoms with Crippen LogP contribution in [0.5, 0.6) is 5.75 Å². The highest BCUT2D eigenvalue weighted by atomic mass is 19.4. The summed E-state index contributed by atoms with van der Waals surface area (Å²) in [6.07, 6.45) is -3.51. The number of halogens is 3. The van der Waals surface area contributed by atoms with Crippen molar-refractivity contribution >= 4 is 5.91 Å². The summed E-state index contributed by atoms with van der Waals surface area (Å²) in [5.74, 6) is 0.157. The molecule has 2 aromatic carbocycles. The third kappa shape index (κ3) is 5.36. The third-order valence-electron chi connectivity index (χ3n) is 5.41. The Kier molecular flexibility index (Phi) is 6.88. The van der Waals surface area contributed by atoms with Crippen molar-refractivity contribution in [2.75, 3.05) is 26.3 Å². The van der Waals surface area contributed by atoms with E-state index in [1.165, 1.54) is 36.4 Å². The summed E-state index contributed by atoms with van der Waals surface area (Å²) in [4.78, 5) is 14.4. The Balaban J connectivity index is 1.55. The van der Waals surface area contributed by atoms with Crippen molar-refractivity contribution in [3.8, 4) is 5.75 Å². The Hall–Kier alpha value is -2.62. The van der Waals surface area contributed by atoms with Crippen molar-refractivity contribution in [1.29, 1.82) is 0 Å². The molecule has 31 heavy (non-hydrogen) atoms. The molecule has 9 heteroatoms. The van der Waals surface area contributed by atoms with Gasteiger partial charge in [0.15, 0.2) is 0 Å². The number of amides is 1. The number of aliphatic hydroxyl groups excluding tert-OH is 2. The molecule has 0 saturated carbocycles. The van der Waals surface area contributed by atoms with Crippen LogP contribution in [0, 0.1) is 0 Å². The number of hydrogen-bond donors (Lipinski definition) is 3. The number of piperidine rings is 1. The number of benzene rings is 2. The topological polar surface area (TPSA) is 90.2 Å². The molecule has 1 amide bonds. The predicted octanol–water partition coefficient (Wildman–Crippen LogP) is 2.56. The van der Waals surface area contributed by atoms with Gasteiger partial charge in [0.05, 0.1) is 18.8 Å². The Morgan fingerprint density at radius 1 is 0.935 bits per heavy atom. The number of ether oxygens (including phenoxy) is 1. The fourth-order valence-electron chi connectivity index (χ4n) is 3.43. The van der Waals surface area contributed by atoms with Crippen molar-refractivity contribution < 1.29 is 38.0 Å². The zero-order valence-electron chi connectivity index (χ0n) is 16.7. The molecule has 3 rings (SSSR count). The Morgan fingerprint density at radius 2 is 1.45 bits per heavy atom. The summed E-state index contributed by atoms with van der Waals surface area (Å²) in [5, 5.41) is 28.6. The summed E-state index contributed by atoms with van der Waals surface area (Å²) in [6, 6.07) is 10.6. The van der Waals surface area contributed by atoms with Gasteiger partial charge in [-0.05, 0) is 42.0 Å². The molecule has 3 N–H and O–H groups in total. The molecule has 1 aliphatic heterocycles. The molecular formula is C22H24F3NO5. The average molecular weight is 439 g/mol. The van der Waals surface area contributed by atoms with Crippen LogP contribution in [-0.4, -0.2) is 58.5 Å². The number of likely N-dealkylation sites (tertiary alicyclic amines) is 1. The van der Waals surface area contributed by atoms with Crippen LogP contribution in [0.3, 0.4) is 0 Å². The van der Waals surface area contributed by atoms with Crippen LogP contribution in [0.2, 0.25) is 0 Å². The summed E-state index contributed by atoms with van der Waals surface area (Å²) < 4.78 is 43.7. The molecule has 168 valence electrons. The van der Waals surface area contributed by atoms with Crippen LogP contribution in [0.4, 0.5) is 13.2 Å². The maximum atomic E-state index is 12.7. The Labute approximate surface area is 177 Å². The predicted molar refractivity (Wildman–Crippen MR) is 106 cm³/mol. The number of carbonyl (C=O) groups is 1. The maximum Gasteiger partial charge on any atom is 0.416 e. The lowest BCUT2D eigenvalue weighted by Gasteiger charge is -2.32. The summed E-state index contributed by atoms with van der Waals surface area (Å²) in [6.45, 7) is -0.432. The molecule has 1 saturated heterocycles. The number of carbonyl (C=O) groups excluding carboxylic acids is 1. The van der Waals surface area contributed by atoms with E-state index in [9.17, 15) is 33.3 Å². The van der Waals surface area contributed by atoms with Crippen LogP contribution < -0.4 is 4.74 Å². The van der Waals surface area contributed by atoms with Gasteiger partial charge in [0.25, 0.3) is 5.91 Å². The standard InChI is InChI=1S/C22H24F3NO5/c23-22(24,25)17-5-7-18(8-6-17)31-19-9-11-26(12-10-19)20(29)15-1-3-16(4-2-15)21(30,13-27)14-28/h1-8,19,27-28,30H,9-14H2. The summed E-state index contributed by atoms with van der Waals surface area (Å²) in [7, 11) is 0. The first-order valence-corrected chi connectivity index (χ1v) is 9.84. The van der Waals surface area contributed by atoms with E-state index in [2.05, 4.69) is 0 Å². The van der Waals surface area contributed by atoms with Gasteiger partial charge < -0.3 is 25.0 Å². The highest BCUT2D eigenvalue weighted by Gasteiger charge is 2.31. The molecule has 0 radical (unpaired) electrons. The Morgan fingerprint density at radius 3 is 1.94 bits per heavy atom. The third-order valence-corrected chi connectivity index (χ3v) is 5.41. The smallest absolute Gasteiger partial charge is 0.416 e. The van der Waals surface area contributed by atoms with Gasteiger partial charge in [-0.25, -0.2) is 0 Å².